The lowest BCUT2D eigenvalue weighted by Gasteiger charge is -2.10. The number of ether oxygens (including phenoxy) is 1. The van der Waals surface area contributed by atoms with Crippen molar-refractivity contribution in [2.45, 2.75) is 6.92 Å². The van der Waals surface area contributed by atoms with E-state index in [4.69, 9.17) is 10.5 Å². The summed E-state index contributed by atoms with van der Waals surface area (Å²) in [7, 11) is -3.46. The van der Waals surface area contributed by atoms with Crippen LogP contribution in [-0.2, 0) is 14.8 Å². The quantitative estimate of drug-likeness (QED) is 0.615. The molecule has 7 heteroatoms. The van der Waals surface area contributed by atoms with Gasteiger partial charge in [0, 0.05) is 5.69 Å². The van der Waals surface area contributed by atoms with Crippen molar-refractivity contribution in [3.63, 3.8) is 0 Å². The average molecular weight is 258 g/mol. The summed E-state index contributed by atoms with van der Waals surface area (Å²) in [5, 5.41) is 0. The Morgan fingerprint density at radius 3 is 2.65 bits per heavy atom. The fraction of sp³-hybridized carbons (Fsp3) is 0.300. The highest BCUT2D eigenvalue weighted by Gasteiger charge is 2.15. The number of benzene rings is 1. The van der Waals surface area contributed by atoms with Gasteiger partial charge in [0.25, 0.3) is 0 Å². The van der Waals surface area contributed by atoms with Gasteiger partial charge in [0.1, 0.15) is 0 Å². The molecule has 1 aromatic carbocycles. The van der Waals surface area contributed by atoms with Gasteiger partial charge in [0.2, 0.25) is 10.0 Å². The van der Waals surface area contributed by atoms with Gasteiger partial charge in [-0.25, -0.2) is 13.2 Å². The molecule has 0 unspecified atom stereocenters. The summed E-state index contributed by atoms with van der Waals surface area (Å²) >= 11 is 0. The largest absolute Gasteiger partial charge is 0.462 e. The number of nitrogens with two attached hydrogens (primary N) is 1. The van der Waals surface area contributed by atoms with Crippen LogP contribution in [0.15, 0.2) is 18.2 Å². The van der Waals surface area contributed by atoms with Gasteiger partial charge in [-0.1, -0.05) is 0 Å². The molecule has 0 atom stereocenters. The van der Waals surface area contributed by atoms with Crippen molar-refractivity contribution in [3.05, 3.63) is 23.8 Å². The van der Waals surface area contributed by atoms with E-state index in [1.165, 1.54) is 18.2 Å². The molecule has 0 fully saturated rings. The summed E-state index contributed by atoms with van der Waals surface area (Å²) in [6.45, 7) is 1.86. The molecule has 0 aromatic heterocycles. The molecule has 1 rings (SSSR count). The zero-order valence-electron chi connectivity index (χ0n) is 9.56. The molecule has 1 aromatic rings. The Morgan fingerprint density at radius 2 is 2.12 bits per heavy atom. The van der Waals surface area contributed by atoms with E-state index in [0.717, 1.165) is 6.26 Å². The van der Waals surface area contributed by atoms with E-state index in [1.54, 1.807) is 6.92 Å². The minimum atomic E-state index is -3.46. The summed E-state index contributed by atoms with van der Waals surface area (Å²) in [6, 6.07) is 4.28. The highest BCUT2D eigenvalue weighted by atomic mass is 32.2. The number of hydrogen-bond donors (Lipinski definition) is 2. The van der Waals surface area contributed by atoms with E-state index in [2.05, 4.69) is 4.72 Å². The minimum Gasteiger partial charge on any atom is -0.462 e. The molecule has 0 radical (unpaired) electrons. The van der Waals surface area contributed by atoms with E-state index in [-0.39, 0.29) is 17.9 Å². The third-order valence-corrected chi connectivity index (χ3v) is 2.43. The Bertz CT molecular complexity index is 525. The zero-order chi connectivity index (χ0) is 13.1. The number of esters is 1. The summed E-state index contributed by atoms with van der Waals surface area (Å²) in [5.74, 6) is -0.619. The normalized spacial score (nSPS) is 10.9. The molecule has 94 valence electrons. The van der Waals surface area contributed by atoms with Gasteiger partial charge in [0.15, 0.2) is 0 Å². The molecule has 17 heavy (non-hydrogen) atoms. The fourth-order valence-corrected chi connectivity index (χ4v) is 1.81. The number of sulfonamides is 1. The second-order valence-electron chi connectivity index (χ2n) is 3.40. The smallest absolute Gasteiger partial charge is 0.340 e. The highest BCUT2D eigenvalue weighted by Crippen LogP contribution is 2.20. The molecule has 0 spiro atoms. The number of hydrogen-bond acceptors (Lipinski definition) is 5. The molecule has 0 heterocycles. The standard InChI is InChI=1S/C10H14N2O4S/c1-3-16-10(13)8-6-7(11)4-5-9(8)12-17(2,14)15/h4-6,12H,3,11H2,1-2H3. The van der Waals surface area contributed by atoms with E-state index < -0.39 is 16.0 Å². The third kappa shape index (κ3) is 3.95. The number of nitrogens with one attached hydrogen (secondary N) is 1. The van der Waals surface area contributed by atoms with Crippen LogP contribution in [0.3, 0.4) is 0 Å². The van der Waals surface area contributed by atoms with Crippen molar-refractivity contribution in [3.8, 4) is 0 Å². The fourth-order valence-electron chi connectivity index (χ4n) is 1.23. The number of carbonyl (C=O) groups is 1. The average Bonchev–Trinajstić information content (AvgIpc) is 2.19. The Labute approximate surface area is 99.8 Å². The number of carbonyl (C=O) groups excluding carboxylic acids is 1. The SMILES string of the molecule is CCOC(=O)c1cc(N)ccc1NS(C)(=O)=O. The number of anilines is 2. The Hall–Kier alpha value is -1.76. The molecule has 3 N–H and O–H groups in total. The Morgan fingerprint density at radius 1 is 1.47 bits per heavy atom. The van der Waals surface area contributed by atoms with Crippen molar-refractivity contribution in [2.24, 2.45) is 0 Å². The lowest BCUT2D eigenvalue weighted by Crippen LogP contribution is -2.15. The molecule has 0 saturated heterocycles. The van der Waals surface area contributed by atoms with Crippen LogP contribution in [-0.4, -0.2) is 27.2 Å². The molecule has 0 aliphatic carbocycles. The van der Waals surface area contributed by atoms with Gasteiger partial charge in [-0.05, 0) is 25.1 Å². The van der Waals surface area contributed by atoms with Crippen LogP contribution in [0.4, 0.5) is 11.4 Å². The van der Waals surface area contributed by atoms with Gasteiger partial charge in [0.05, 0.1) is 24.1 Å². The van der Waals surface area contributed by atoms with E-state index in [0.29, 0.717) is 5.69 Å². The van der Waals surface area contributed by atoms with Crippen molar-refractivity contribution in [1.29, 1.82) is 0 Å². The van der Waals surface area contributed by atoms with Crippen LogP contribution >= 0.6 is 0 Å². The van der Waals surface area contributed by atoms with Gasteiger partial charge in [-0.15, -0.1) is 0 Å². The molecule has 0 saturated carbocycles. The first-order chi connectivity index (χ1) is 7.83. The highest BCUT2D eigenvalue weighted by molar-refractivity contribution is 7.92. The maximum atomic E-state index is 11.6. The first kappa shape index (κ1) is 13.3. The van der Waals surface area contributed by atoms with Crippen molar-refractivity contribution >= 4 is 27.4 Å². The molecule has 0 bridgehead atoms. The minimum absolute atomic E-state index is 0.0947. The summed E-state index contributed by atoms with van der Waals surface area (Å²) in [4.78, 5) is 11.6. The second-order valence-corrected chi connectivity index (χ2v) is 5.15. The van der Waals surface area contributed by atoms with Crippen molar-refractivity contribution in [2.75, 3.05) is 23.3 Å². The number of rotatable bonds is 4. The zero-order valence-corrected chi connectivity index (χ0v) is 10.4. The van der Waals surface area contributed by atoms with Gasteiger partial charge >= 0.3 is 5.97 Å². The van der Waals surface area contributed by atoms with Crippen LogP contribution in [0.2, 0.25) is 0 Å². The first-order valence-electron chi connectivity index (χ1n) is 4.88. The molecule has 0 aliphatic heterocycles. The topological polar surface area (TPSA) is 98.5 Å². The van der Waals surface area contributed by atoms with Gasteiger partial charge in [-0.2, -0.15) is 0 Å². The monoisotopic (exact) mass is 258 g/mol. The van der Waals surface area contributed by atoms with Crippen LogP contribution in [0.25, 0.3) is 0 Å². The summed E-state index contributed by atoms with van der Waals surface area (Å²) in [5.41, 5.74) is 6.14. The van der Waals surface area contributed by atoms with E-state index >= 15 is 0 Å². The predicted molar refractivity (Wildman–Crippen MR) is 65.3 cm³/mol. The number of nitrogen functional groups attached to an aromatic ring is 1. The van der Waals surface area contributed by atoms with Crippen LogP contribution in [0.5, 0.6) is 0 Å². The third-order valence-electron chi connectivity index (χ3n) is 1.83. The lowest BCUT2D eigenvalue weighted by molar-refractivity contribution is 0.0527. The van der Waals surface area contributed by atoms with Crippen LogP contribution < -0.4 is 10.5 Å². The van der Waals surface area contributed by atoms with E-state index in [1.807, 2.05) is 0 Å². The molecular weight excluding hydrogens is 244 g/mol. The molecule has 6 nitrogen and oxygen atoms in total. The summed E-state index contributed by atoms with van der Waals surface area (Å²) < 4.78 is 29.3. The maximum Gasteiger partial charge on any atom is 0.340 e. The molecular formula is C10H14N2O4S. The predicted octanol–water partition coefficient (Wildman–Crippen LogP) is 0.817. The first-order valence-corrected chi connectivity index (χ1v) is 6.77. The maximum absolute atomic E-state index is 11.6. The molecule has 0 amide bonds. The summed E-state index contributed by atoms with van der Waals surface area (Å²) in [6.07, 6.45) is 0.998. The Kier molecular flexibility index (Phi) is 3.95. The molecule has 0 aliphatic rings. The van der Waals surface area contributed by atoms with Crippen LogP contribution in [0.1, 0.15) is 17.3 Å². The van der Waals surface area contributed by atoms with Crippen LogP contribution in [0, 0.1) is 0 Å². The second kappa shape index (κ2) is 5.05. The van der Waals surface area contributed by atoms with Crippen molar-refractivity contribution < 1.29 is 17.9 Å². The van der Waals surface area contributed by atoms with Gasteiger partial charge < -0.3 is 10.5 Å². The van der Waals surface area contributed by atoms with E-state index in [9.17, 15) is 13.2 Å². The lowest BCUT2D eigenvalue weighted by atomic mass is 10.1. The van der Waals surface area contributed by atoms with Crippen molar-refractivity contribution in [1.82, 2.24) is 0 Å². The van der Waals surface area contributed by atoms with Gasteiger partial charge in [-0.3, -0.25) is 4.72 Å². The Balaban J connectivity index is 3.17.